The molecule has 0 heterocycles. The molecule has 0 N–H and O–H groups in total. The summed E-state index contributed by atoms with van der Waals surface area (Å²) in [6, 6.07) is 6.67. The summed E-state index contributed by atoms with van der Waals surface area (Å²) in [5.41, 5.74) is 0.998. The highest BCUT2D eigenvalue weighted by Gasteiger charge is 2.39. The van der Waals surface area contributed by atoms with Crippen LogP contribution in [-0.4, -0.2) is 42.5 Å². The number of ether oxygens (including phenoxy) is 1. The Morgan fingerprint density at radius 3 is 2.16 bits per heavy atom. The van der Waals surface area contributed by atoms with Crippen LogP contribution in [0.2, 0.25) is 18.1 Å². The van der Waals surface area contributed by atoms with Crippen LogP contribution in [0.5, 0.6) is 0 Å². The van der Waals surface area contributed by atoms with Crippen LogP contribution in [0, 0.1) is 6.92 Å². The monoisotopic (exact) mass is 486 g/mol. The minimum absolute atomic E-state index is 0.0512. The van der Waals surface area contributed by atoms with Gasteiger partial charge in [0.2, 0.25) is 0 Å². The lowest BCUT2D eigenvalue weighted by molar-refractivity contribution is -0.140. The van der Waals surface area contributed by atoms with E-state index in [0.29, 0.717) is 12.8 Å². The molecule has 6 nitrogen and oxygen atoms in total. The number of hydrogen-bond donors (Lipinski definition) is 0. The first-order valence-corrected chi connectivity index (χ1v) is 15.8. The molecule has 0 radical (unpaired) electrons. The summed E-state index contributed by atoms with van der Waals surface area (Å²) in [5, 5.41) is 0.0700. The lowest BCUT2D eigenvalue weighted by atomic mass is 10.1. The molecule has 0 aromatic heterocycles. The predicted octanol–water partition coefficient (Wildman–Crippen LogP) is 5.99. The molecule has 0 saturated heterocycles. The maximum Gasteiger partial charge on any atom is 0.305 e. The number of benzene rings is 1. The summed E-state index contributed by atoms with van der Waals surface area (Å²) in [7, 11) is -4.36. The second-order valence-corrected chi connectivity index (χ2v) is 16.3. The van der Waals surface area contributed by atoms with Crippen molar-refractivity contribution in [2.45, 2.75) is 102 Å². The Bertz CT molecular complexity index is 797. The van der Waals surface area contributed by atoms with Gasteiger partial charge in [-0.3, -0.25) is 8.98 Å². The number of carbonyl (C=O) groups is 1. The van der Waals surface area contributed by atoms with Crippen molar-refractivity contribution in [1.82, 2.24) is 0 Å². The average Bonchev–Trinajstić information content (AvgIpc) is 2.69. The van der Waals surface area contributed by atoms with Crippen LogP contribution < -0.4 is 0 Å². The van der Waals surface area contributed by atoms with Crippen molar-refractivity contribution < 1.29 is 26.6 Å². The zero-order chi connectivity index (χ0) is 24.4. The fourth-order valence-electron chi connectivity index (χ4n) is 3.01. The molecule has 184 valence electrons. The van der Waals surface area contributed by atoms with Crippen LogP contribution >= 0.6 is 0 Å². The third-order valence-electron chi connectivity index (χ3n) is 6.14. The average molecular weight is 487 g/mol. The molecule has 0 amide bonds. The van der Waals surface area contributed by atoms with Gasteiger partial charge in [0.1, 0.15) is 0 Å². The van der Waals surface area contributed by atoms with Gasteiger partial charge in [-0.15, -0.1) is 0 Å². The van der Waals surface area contributed by atoms with Gasteiger partial charge in [0, 0.05) is 12.5 Å². The van der Waals surface area contributed by atoms with Crippen LogP contribution in [0.25, 0.3) is 0 Å². The van der Waals surface area contributed by atoms with Crippen molar-refractivity contribution in [3.05, 3.63) is 29.8 Å². The Labute approximate surface area is 196 Å². The fraction of sp³-hybridized carbons (Fsp3) is 0.708. The molecule has 0 spiro atoms. The van der Waals surface area contributed by atoms with Gasteiger partial charge < -0.3 is 9.16 Å². The molecule has 0 aliphatic heterocycles. The molecule has 0 aliphatic carbocycles. The molecule has 1 aromatic carbocycles. The summed E-state index contributed by atoms with van der Waals surface area (Å²) in [4.78, 5) is 11.4. The first kappa shape index (κ1) is 28.8. The van der Waals surface area contributed by atoms with Crippen molar-refractivity contribution in [2.75, 3.05) is 13.7 Å². The molecular weight excluding hydrogens is 444 g/mol. The molecule has 0 fully saturated rings. The Hall–Kier alpha value is -1.22. The normalized spacial score (nSPS) is 13.7. The topological polar surface area (TPSA) is 78.9 Å². The van der Waals surface area contributed by atoms with Gasteiger partial charge in [0.05, 0.1) is 18.6 Å². The van der Waals surface area contributed by atoms with E-state index in [2.05, 4.69) is 38.6 Å². The van der Waals surface area contributed by atoms with Crippen molar-refractivity contribution in [3.8, 4) is 0 Å². The van der Waals surface area contributed by atoms with Crippen molar-refractivity contribution in [3.63, 3.8) is 0 Å². The SMILES string of the molecule is COC(=O)CCCCCCC(CCOS(=O)(=O)c1ccc(C)cc1)O[Si](C)(C)C(C)(C)C. The van der Waals surface area contributed by atoms with E-state index < -0.39 is 18.4 Å². The van der Waals surface area contributed by atoms with Crippen LogP contribution in [0.1, 0.15) is 71.3 Å². The zero-order valence-electron chi connectivity index (χ0n) is 20.9. The molecule has 1 aromatic rings. The van der Waals surface area contributed by atoms with E-state index in [1.165, 1.54) is 7.11 Å². The van der Waals surface area contributed by atoms with E-state index in [0.717, 1.165) is 37.7 Å². The van der Waals surface area contributed by atoms with Crippen molar-refractivity contribution >= 4 is 24.4 Å². The Kier molecular flexibility index (Phi) is 11.6. The highest BCUT2D eigenvalue weighted by Crippen LogP contribution is 2.38. The first-order valence-electron chi connectivity index (χ1n) is 11.5. The van der Waals surface area contributed by atoms with Crippen molar-refractivity contribution in [1.29, 1.82) is 0 Å². The molecule has 0 bridgehead atoms. The van der Waals surface area contributed by atoms with Crippen LogP contribution in [0.15, 0.2) is 29.2 Å². The highest BCUT2D eigenvalue weighted by molar-refractivity contribution is 7.86. The van der Waals surface area contributed by atoms with Gasteiger partial charge in [-0.1, -0.05) is 57.7 Å². The first-order chi connectivity index (χ1) is 14.8. The van der Waals surface area contributed by atoms with Crippen LogP contribution in [-0.2, 0) is 28.3 Å². The van der Waals surface area contributed by atoms with E-state index in [1.807, 2.05) is 6.92 Å². The van der Waals surface area contributed by atoms with Gasteiger partial charge in [-0.2, -0.15) is 8.42 Å². The third kappa shape index (κ3) is 10.1. The van der Waals surface area contributed by atoms with Crippen LogP contribution in [0.4, 0.5) is 0 Å². The molecule has 1 atom stereocenters. The quantitative estimate of drug-likeness (QED) is 0.139. The second-order valence-electron chi connectivity index (χ2n) is 9.91. The number of carbonyl (C=O) groups excluding carboxylic acids is 1. The Morgan fingerprint density at radius 2 is 1.59 bits per heavy atom. The van der Waals surface area contributed by atoms with Gasteiger partial charge >= 0.3 is 5.97 Å². The molecule has 32 heavy (non-hydrogen) atoms. The molecule has 1 rings (SSSR count). The van der Waals surface area contributed by atoms with E-state index in [9.17, 15) is 13.2 Å². The van der Waals surface area contributed by atoms with Gasteiger partial charge in [-0.25, -0.2) is 0 Å². The number of aryl methyl sites for hydroxylation is 1. The van der Waals surface area contributed by atoms with E-state index >= 15 is 0 Å². The number of rotatable bonds is 14. The van der Waals surface area contributed by atoms with Gasteiger partial charge in [-0.05, 0) is 56.5 Å². The smallest absolute Gasteiger partial charge is 0.305 e. The summed E-state index contributed by atoms with van der Waals surface area (Å²) in [5.74, 6) is -0.170. The minimum Gasteiger partial charge on any atom is -0.469 e. The van der Waals surface area contributed by atoms with E-state index in [-0.39, 0.29) is 28.6 Å². The maximum atomic E-state index is 12.5. The molecule has 1 unspecified atom stereocenters. The van der Waals surface area contributed by atoms with Gasteiger partial charge in [0.15, 0.2) is 8.32 Å². The maximum absolute atomic E-state index is 12.5. The summed E-state index contributed by atoms with van der Waals surface area (Å²) in [6.45, 7) is 13.0. The molecule has 0 aliphatic rings. The van der Waals surface area contributed by atoms with E-state index in [4.69, 9.17) is 8.61 Å². The highest BCUT2D eigenvalue weighted by atomic mass is 32.2. The molecule has 8 heteroatoms. The molecule has 0 saturated carbocycles. The number of methoxy groups -OCH3 is 1. The Morgan fingerprint density at radius 1 is 1.00 bits per heavy atom. The lowest BCUT2D eigenvalue weighted by Gasteiger charge is -2.39. The van der Waals surface area contributed by atoms with E-state index in [1.54, 1.807) is 24.3 Å². The third-order valence-corrected chi connectivity index (χ3v) is 12.0. The number of unbranched alkanes of at least 4 members (excludes halogenated alkanes) is 3. The second kappa shape index (κ2) is 12.9. The van der Waals surface area contributed by atoms with Crippen molar-refractivity contribution in [2.24, 2.45) is 0 Å². The van der Waals surface area contributed by atoms with Crippen LogP contribution in [0.3, 0.4) is 0 Å². The number of hydrogen-bond acceptors (Lipinski definition) is 6. The largest absolute Gasteiger partial charge is 0.469 e. The minimum atomic E-state index is -3.78. The summed E-state index contributed by atoms with van der Waals surface area (Å²) in [6.07, 6.45) is 5.51. The predicted molar refractivity (Wildman–Crippen MR) is 131 cm³/mol. The standard InChI is InChI=1S/C24H42O6SSi/c1-20-14-16-22(17-15-20)31(26,27)29-19-18-21(30-32(6,7)24(2,3)4)12-10-8-9-11-13-23(25)28-5/h14-17,21H,8-13,18-19H2,1-7H3. The van der Waals surface area contributed by atoms with Gasteiger partial charge in [0.25, 0.3) is 10.1 Å². The fourth-order valence-corrected chi connectivity index (χ4v) is 5.36. The lowest BCUT2D eigenvalue weighted by Crippen LogP contribution is -2.44. The molecular formula is C24H42O6SSi. The zero-order valence-corrected chi connectivity index (χ0v) is 22.7. The summed E-state index contributed by atoms with van der Waals surface area (Å²) < 4.78 is 41.6. The Balaban J connectivity index is 2.64. The number of esters is 1. The summed E-state index contributed by atoms with van der Waals surface area (Å²) >= 11 is 0.